The van der Waals surface area contributed by atoms with Crippen LogP contribution in [-0.4, -0.2) is 18.4 Å². The van der Waals surface area contributed by atoms with Crippen LogP contribution in [0.3, 0.4) is 0 Å². The summed E-state index contributed by atoms with van der Waals surface area (Å²) in [6.45, 7) is 2.00. The first-order valence-electron chi connectivity index (χ1n) is 1.45. The molecule has 0 aromatic carbocycles. The molecule has 0 atom stereocenters. The first-order valence-corrected chi connectivity index (χ1v) is 1.45. The van der Waals surface area contributed by atoms with Crippen molar-refractivity contribution in [3.05, 3.63) is 0 Å². The van der Waals surface area contributed by atoms with Crippen molar-refractivity contribution in [3.63, 3.8) is 0 Å². The summed E-state index contributed by atoms with van der Waals surface area (Å²) in [5, 5.41) is 0. The highest BCUT2D eigenvalue weighted by atomic mass is 16.0. The fourth-order valence-electron chi connectivity index (χ4n) is 0. The van der Waals surface area contributed by atoms with Crippen LogP contribution in [0.2, 0.25) is 6.32 Å². The van der Waals surface area contributed by atoms with Gasteiger partial charge in [-0.1, -0.05) is 13.2 Å². The fraction of sp³-hybridized carbons (Fsp3) is 1.00. The van der Waals surface area contributed by atoms with Gasteiger partial charge in [0.2, 0.25) is 7.41 Å². The Kier molecular flexibility index (Phi) is 56.8. The second kappa shape index (κ2) is 20.3. The van der Waals surface area contributed by atoms with E-state index in [1.165, 1.54) is 0 Å². The average molecular weight is 91.9 g/mol. The molecule has 0 saturated heterocycles. The van der Waals surface area contributed by atoms with Crippen molar-refractivity contribution in [2.24, 2.45) is 5.64 Å². The zero-order valence-electron chi connectivity index (χ0n) is 3.86. The van der Waals surface area contributed by atoms with Crippen LogP contribution in [0.1, 0.15) is 6.92 Å². The highest BCUT2D eigenvalue weighted by Crippen LogP contribution is 1.56. The quantitative estimate of drug-likeness (QED) is 0.386. The Morgan fingerprint density at radius 1 is 1.50 bits per heavy atom. The highest BCUT2D eigenvalue weighted by Gasteiger charge is 1.62. The molecule has 0 aliphatic heterocycles. The minimum atomic E-state index is 0. The summed E-state index contributed by atoms with van der Waals surface area (Å²) in [6, 6.07) is 0. The number of hydrogen-bond donors (Lipinski definition) is 1. The lowest BCUT2D eigenvalue weighted by Gasteiger charge is -1.65. The van der Waals surface area contributed by atoms with Crippen molar-refractivity contribution in [3.8, 4) is 0 Å². The molecule has 0 amide bonds. The maximum absolute atomic E-state index is 4.90. The standard InChI is InChI=1S/C2H7BN.2H2O/c1-2-3-4;;/h2,4H2,1H3;2*1H2. The summed E-state index contributed by atoms with van der Waals surface area (Å²) in [4.78, 5) is 0. The van der Waals surface area contributed by atoms with Crippen molar-refractivity contribution < 1.29 is 11.0 Å². The van der Waals surface area contributed by atoms with Crippen LogP contribution in [0, 0.1) is 0 Å². The smallest absolute Gasteiger partial charge is 0.202 e. The Balaban J connectivity index is -0.0000000450. The van der Waals surface area contributed by atoms with Gasteiger partial charge in [0, 0.05) is 0 Å². The summed E-state index contributed by atoms with van der Waals surface area (Å²) < 4.78 is 0. The minimum Gasteiger partial charge on any atom is -0.412 e. The molecule has 0 aromatic heterocycles. The van der Waals surface area contributed by atoms with Gasteiger partial charge in [-0.05, 0) is 0 Å². The van der Waals surface area contributed by atoms with Crippen LogP contribution in [0.5, 0.6) is 0 Å². The summed E-state index contributed by atoms with van der Waals surface area (Å²) in [5.41, 5.74) is 4.90. The third-order valence-corrected chi connectivity index (χ3v) is 0.236. The zero-order valence-corrected chi connectivity index (χ0v) is 3.86. The van der Waals surface area contributed by atoms with E-state index in [9.17, 15) is 0 Å². The summed E-state index contributed by atoms with van der Waals surface area (Å²) >= 11 is 0. The Bertz CT molecular complexity index is 13.5. The second-order valence-corrected chi connectivity index (χ2v) is 0.644. The average Bonchev–Trinajstić information content (AvgIpc) is 1.37. The topological polar surface area (TPSA) is 89.0 Å². The number of hydrogen-bond acceptors (Lipinski definition) is 1. The molecule has 0 aromatic rings. The molecular weight excluding hydrogens is 80.8 g/mol. The third kappa shape index (κ3) is 38.3. The SMILES string of the molecule is CC[B]N.O.O. The van der Waals surface area contributed by atoms with Gasteiger partial charge in [0.05, 0.1) is 0 Å². The Morgan fingerprint density at radius 3 is 1.67 bits per heavy atom. The van der Waals surface area contributed by atoms with Gasteiger partial charge in [0.1, 0.15) is 0 Å². The van der Waals surface area contributed by atoms with Gasteiger partial charge in [-0.15, -0.1) is 0 Å². The van der Waals surface area contributed by atoms with Crippen molar-refractivity contribution in [1.82, 2.24) is 0 Å². The molecule has 0 rings (SSSR count). The first-order chi connectivity index (χ1) is 1.91. The molecule has 0 aliphatic rings. The van der Waals surface area contributed by atoms with Gasteiger partial charge in [0.15, 0.2) is 0 Å². The van der Waals surface area contributed by atoms with E-state index in [2.05, 4.69) is 0 Å². The van der Waals surface area contributed by atoms with E-state index < -0.39 is 0 Å². The Hall–Kier alpha value is -0.0551. The third-order valence-electron chi connectivity index (χ3n) is 0.236. The van der Waals surface area contributed by atoms with Crippen LogP contribution in [0.4, 0.5) is 0 Å². The van der Waals surface area contributed by atoms with Crippen LogP contribution in [-0.2, 0) is 0 Å². The monoisotopic (exact) mass is 92.1 g/mol. The van der Waals surface area contributed by atoms with Gasteiger partial charge >= 0.3 is 0 Å². The maximum Gasteiger partial charge on any atom is 0.202 e. The van der Waals surface area contributed by atoms with E-state index in [1.54, 1.807) is 7.41 Å². The molecule has 4 heteroatoms. The zero-order chi connectivity index (χ0) is 3.41. The molecule has 0 heterocycles. The largest absolute Gasteiger partial charge is 0.412 e. The molecule has 6 N–H and O–H groups in total. The van der Waals surface area contributed by atoms with Crippen molar-refractivity contribution in [2.75, 3.05) is 0 Å². The minimum absolute atomic E-state index is 0. The van der Waals surface area contributed by atoms with E-state index in [0.717, 1.165) is 6.32 Å². The molecule has 3 nitrogen and oxygen atoms in total. The van der Waals surface area contributed by atoms with E-state index in [0.29, 0.717) is 0 Å². The van der Waals surface area contributed by atoms with Crippen molar-refractivity contribution in [1.29, 1.82) is 0 Å². The maximum atomic E-state index is 4.90. The Morgan fingerprint density at radius 2 is 1.67 bits per heavy atom. The lowest BCUT2D eigenvalue weighted by molar-refractivity contribution is 0.823. The molecule has 6 heavy (non-hydrogen) atoms. The first kappa shape index (κ1) is 16.8. The van der Waals surface area contributed by atoms with Crippen LogP contribution in [0.15, 0.2) is 0 Å². The molecule has 0 bridgehead atoms. The number of rotatable bonds is 1. The van der Waals surface area contributed by atoms with Gasteiger partial charge in [-0.3, -0.25) is 0 Å². The predicted molar refractivity (Wildman–Crippen MR) is 27.6 cm³/mol. The van der Waals surface area contributed by atoms with E-state index in [1.807, 2.05) is 6.92 Å². The van der Waals surface area contributed by atoms with Gasteiger partial charge < -0.3 is 16.6 Å². The molecule has 0 aliphatic carbocycles. The second-order valence-electron chi connectivity index (χ2n) is 0.644. The van der Waals surface area contributed by atoms with Crippen LogP contribution >= 0.6 is 0 Å². The molecule has 0 spiro atoms. The Labute approximate surface area is 38.4 Å². The van der Waals surface area contributed by atoms with Crippen LogP contribution < -0.4 is 5.64 Å². The molecular formula is C2H11BNO2. The van der Waals surface area contributed by atoms with E-state index in [4.69, 9.17) is 5.64 Å². The molecule has 0 fully saturated rings. The normalized spacial score (nSPS) is 4.33. The fourth-order valence-corrected chi connectivity index (χ4v) is 0. The lowest BCUT2D eigenvalue weighted by atomic mass is 9.94. The van der Waals surface area contributed by atoms with Crippen molar-refractivity contribution >= 4 is 7.41 Å². The highest BCUT2D eigenvalue weighted by molar-refractivity contribution is 6.30. The molecule has 0 unspecified atom stereocenters. The van der Waals surface area contributed by atoms with Gasteiger partial charge in [-0.25, -0.2) is 0 Å². The predicted octanol–water partition coefficient (Wildman–Crippen LogP) is -1.65. The number of nitrogens with two attached hydrogens (primary N) is 1. The van der Waals surface area contributed by atoms with Gasteiger partial charge in [-0.2, -0.15) is 0 Å². The van der Waals surface area contributed by atoms with Crippen molar-refractivity contribution in [2.45, 2.75) is 13.2 Å². The molecule has 1 radical (unpaired) electrons. The summed E-state index contributed by atoms with van der Waals surface area (Å²) in [5.74, 6) is 0. The van der Waals surface area contributed by atoms with Gasteiger partial charge in [0.25, 0.3) is 0 Å². The van der Waals surface area contributed by atoms with Crippen LogP contribution in [0.25, 0.3) is 0 Å². The van der Waals surface area contributed by atoms with E-state index >= 15 is 0 Å². The summed E-state index contributed by atoms with van der Waals surface area (Å²) in [6.07, 6.45) is 0.972. The molecule has 0 saturated carbocycles. The summed E-state index contributed by atoms with van der Waals surface area (Å²) in [7, 11) is 1.62. The van der Waals surface area contributed by atoms with E-state index in [-0.39, 0.29) is 11.0 Å². The lowest BCUT2D eigenvalue weighted by Crippen LogP contribution is -1.99. The molecule has 39 valence electrons.